The molecule has 0 bridgehead atoms. The van der Waals surface area contributed by atoms with Gasteiger partial charge in [-0.25, -0.2) is 9.69 Å². The molecule has 0 radical (unpaired) electrons. The molecule has 0 amide bonds. The first-order valence-electron chi connectivity index (χ1n) is 13.6. The van der Waals surface area contributed by atoms with E-state index in [0.29, 0.717) is 31.2 Å². The summed E-state index contributed by atoms with van der Waals surface area (Å²) >= 11 is 3.33. The zero-order valence-electron chi connectivity index (χ0n) is 24.4. The van der Waals surface area contributed by atoms with Gasteiger partial charge in [0.2, 0.25) is 0 Å². The first kappa shape index (κ1) is 35.9. The Morgan fingerprint density at radius 2 is 1.05 bits per heavy atom. The van der Waals surface area contributed by atoms with Crippen LogP contribution < -0.4 is 30.6 Å². The maximum atomic E-state index is 7.23. The lowest BCUT2D eigenvalue weighted by molar-refractivity contribution is 0.309. The molecule has 3 rings (SSSR count). The smallest absolute Gasteiger partial charge is 0.187 e. The van der Waals surface area contributed by atoms with Crippen LogP contribution in [0.2, 0.25) is 0 Å². The second-order valence-electron chi connectivity index (χ2n) is 8.65. The van der Waals surface area contributed by atoms with E-state index in [0.717, 1.165) is 60.5 Å². The van der Waals surface area contributed by atoms with E-state index in [4.69, 9.17) is 38.5 Å². The molecule has 10 heteroatoms. The SMILES string of the molecule is CNCCCOc1ccc(C(=N)N)cc1.[C-]#[N+]c1ccc(OCCCBr)cc1.[C-]#[N+]c1ccc(OCCCNC)cc1. The van der Waals surface area contributed by atoms with Gasteiger partial charge in [-0.2, -0.15) is 0 Å². The molecular weight excluding hydrogens is 596 g/mol. The molecule has 0 heterocycles. The van der Waals surface area contributed by atoms with Gasteiger partial charge in [-0.15, -0.1) is 0 Å². The van der Waals surface area contributed by atoms with Gasteiger partial charge in [-0.1, -0.05) is 40.2 Å². The van der Waals surface area contributed by atoms with Crippen molar-refractivity contribution >= 4 is 33.1 Å². The third kappa shape index (κ3) is 16.9. The van der Waals surface area contributed by atoms with E-state index in [9.17, 15) is 0 Å². The van der Waals surface area contributed by atoms with Crippen molar-refractivity contribution in [3.05, 3.63) is 101 Å². The Bertz CT molecular complexity index is 1210. The monoisotopic (exact) mass is 636 g/mol. The Hall–Kier alpha value is -4.09. The van der Waals surface area contributed by atoms with E-state index in [1.807, 2.05) is 50.5 Å². The van der Waals surface area contributed by atoms with E-state index < -0.39 is 0 Å². The highest BCUT2D eigenvalue weighted by Gasteiger charge is 1.98. The molecule has 42 heavy (non-hydrogen) atoms. The number of hydrogen-bond donors (Lipinski definition) is 4. The summed E-state index contributed by atoms with van der Waals surface area (Å²) in [6.45, 7) is 17.6. The maximum Gasteiger partial charge on any atom is 0.187 e. The number of rotatable bonds is 15. The van der Waals surface area contributed by atoms with Crippen LogP contribution in [-0.4, -0.2) is 58.2 Å². The number of ether oxygens (including phenoxy) is 3. The van der Waals surface area contributed by atoms with Gasteiger partial charge < -0.3 is 30.6 Å². The van der Waals surface area contributed by atoms with Gasteiger partial charge >= 0.3 is 0 Å². The van der Waals surface area contributed by atoms with Gasteiger partial charge in [0.05, 0.1) is 33.0 Å². The molecule has 0 aliphatic carbocycles. The Balaban J connectivity index is 0.000000316. The van der Waals surface area contributed by atoms with E-state index in [-0.39, 0.29) is 5.84 Å². The van der Waals surface area contributed by atoms with Gasteiger partial charge in [0.1, 0.15) is 23.1 Å². The first-order chi connectivity index (χ1) is 20.5. The normalized spacial score (nSPS) is 9.55. The molecule has 9 nitrogen and oxygen atoms in total. The predicted molar refractivity (Wildman–Crippen MR) is 175 cm³/mol. The minimum absolute atomic E-state index is 0.0803. The van der Waals surface area contributed by atoms with Crippen molar-refractivity contribution in [3.63, 3.8) is 0 Å². The molecule has 0 aliphatic heterocycles. The third-order valence-electron chi connectivity index (χ3n) is 5.32. The Morgan fingerprint density at radius 1 is 0.690 bits per heavy atom. The number of benzene rings is 3. The van der Waals surface area contributed by atoms with Crippen LogP contribution in [0.4, 0.5) is 11.4 Å². The summed E-state index contributed by atoms with van der Waals surface area (Å²) in [5.41, 5.74) is 7.35. The van der Waals surface area contributed by atoms with E-state index in [1.165, 1.54) is 0 Å². The largest absolute Gasteiger partial charge is 0.494 e. The second kappa shape index (κ2) is 23.6. The predicted octanol–water partition coefficient (Wildman–Crippen LogP) is 6.59. The van der Waals surface area contributed by atoms with Gasteiger partial charge in [0.25, 0.3) is 0 Å². The Kier molecular flexibility index (Phi) is 20.2. The van der Waals surface area contributed by atoms with Crippen LogP contribution in [0.5, 0.6) is 17.2 Å². The average molecular weight is 638 g/mol. The Labute approximate surface area is 258 Å². The van der Waals surface area contributed by atoms with Crippen LogP contribution in [0.15, 0.2) is 72.8 Å². The summed E-state index contributed by atoms with van der Waals surface area (Å²) in [6, 6.07) is 21.6. The third-order valence-corrected chi connectivity index (χ3v) is 5.88. The molecular formula is C32H41BrN6O3. The minimum Gasteiger partial charge on any atom is -0.494 e. The first-order valence-corrected chi connectivity index (χ1v) is 14.7. The summed E-state index contributed by atoms with van der Waals surface area (Å²) in [5, 5.41) is 14.3. The number of nitrogens with zero attached hydrogens (tertiary/aromatic N) is 2. The fourth-order valence-corrected chi connectivity index (χ4v) is 3.32. The van der Waals surface area contributed by atoms with Crippen LogP contribution in [0, 0.1) is 18.6 Å². The van der Waals surface area contributed by atoms with Crippen LogP contribution in [-0.2, 0) is 0 Å². The van der Waals surface area contributed by atoms with Crippen molar-refractivity contribution in [2.75, 3.05) is 52.3 Å². The molecule has 0 saturated heterocycles. The number of nitrogens with one attached hydrogen (secondary N) is 3. The number of halogens is 1. The zero-order valence-corrected chi connectivity index (χ0v) is 26.0. The fourth-order valence-electron chi connectivity index (χ4n) is 3.09. The van der Waals surface area contributed by atoms with Crippen LogP contribution in [0.3, 0.4) is 0 Å². The molecule has 0 saturated carbocycles. The minimum atomic E-state index is 0.0803. The van der Waals surface area contributed by atoms with Crippen LogP contribution >= 0.6 is 15.9 Å². The molecule has 0 spiro atoms. The van der Waals surface area contributed by atoms with Crippen molar-refractivity contribution in [2.45, 2.75) is 19.3 Å². The number of nitrogen functional groups attached to an aromatic ring is 1. The highest BCUT2D eigenvalue weighted by Crippen LogP contribution is 2.18. The average Bonchev–Trinajstić information content (AvgIpc) is 3.03. The summed E-state index contributed by atoms with van der Waals surface area (Å²) in [5.74, 6) is 2.55. The molecule has 5 N–H and O–H groups in total. The molecule has 0 unspecified atom stereocenters. The fraction of sp³-hybridized carbons (Fsp3) is 0.344. The number of hydrogen-bond acceptors (Lipinski definition) is 6. The molecule has 3 aromatic rings. The lowest BCUT2D eigenvalue weighted by Gasteiger charge is -2.06. The van der Waals surface area contributed by atoms with Crippen LogP contribution in [0.1, 0.15) is 24.8 Å². The highest BCUT2D eigenvalue weighted by molar-refractivity contribution is 9.09. The topological polar surface area (TPSA) is 110 Å². The van der Waals surface area contributed by atoms with Gasteiger partial charge in [-0.3, -0.25) is 5.41 Å². The van der Waals surface area contributed by atoms with Gasteiger partial charge in [0, 0.05) is 10.9 Å². The van der Waals surface area contributed by atoms with Gasteiger partial charge in [0.15, 0.2) is 11.4 Å². The molecule has 224 valence electrons. The van der Waals surface area contributed by atoms with Crippen molar-refractivity contribution in [2.24, 2.45) is 5.73 Å². The maximum absolute atomic E-state index is 7.23. The summed E-state index contributed by atoms with van der Waals surface area (Å²) < 4.78 is 16.4. The van der Waals surface area contributed by atoms with Crippen LogP contribution in [0.25, 0.3) is 9.69 Å². The van der Waals surface area contributed by atoms with E-state index in [2.05, 4.69) is 36.3 Å². The highest BCUT2D eigenvalue weighted by atomic mass is 79.9. The molecule has 0 aromatic heterocycles. The number of amidine groups is 1. The molecule has 3 aromatic carbocycles. The van der Waals surface area contributed by atoms with E-state index >= 15 is 0 Å². The summed E-state index contributed by atoms with van der Waals surface area (Å²) in [4.78, 5) is 6.60. The number of alkyl halides is 1. The number of nitrogens with two attached hydrogens (primary N) is 1. The summed E-state index contributed by atoms with van der Waals surface area (Å²) in [7, 11) is 3.84. The van der Waals surface area contributed by atoms with Crippen molar-refractivity contribution in [1.29, 1.82) is 5.41 Å². The van der Waals surface area contributed by atoms with Crippen molar-refractivity contribution in [1.82, 2.24) is 10.6 Å². The zero-order chi connectivity index (χ0) is 30.8. The van der Waals surface area contributed by atoms with Crippen molar-refractivity contribution < 1.29 is 14.2 Å². The molecule has 0 fully saturated rings. The van der Waals surface area contributed by atoms with E-state index in [1.54, 1.807) is 36.4 Å². The molecule has 0 aliphatic rings. The van der Waals surface area contributed by atoms with Crippen molar-refractivity contribution in [3.8, 4) is 17.2 Å². The standard InChI is InChI=1S/C11H17N3O.C11H14N2O.C10H10BrNO/c1-14-7-2-8-15-10-5-3-9(4-6-10)11(12)13;1-12-8-3-9-14-11-6-4-10(13-2)5-7-11;1-12-9-3-5-10(6-4-9)13-8-2-7-11/h3-6,14H,2,7-8H2,1H3,(H3,12,13);4-7,12H,3,8-9H2,1H3;3-6H,2,7-8H2. The summed E-state index contributed by atoms with van der Waals surface area (Å²) in [6.07, 6.45) is 2.95. The Morgan fingerprint density at radius 3 is 1.36 bits per heavy atom. The lowest BCUT2D eigenvalue weighted by Crippen LogP contribution is -2.12. The second-order valence-corrected chi connectivity index (χ2v) is 9.44. The van der Waals surface area contributed by atoms with Gasteiger partial charge in [-0.05, 0) is 95.0 Å². The molecule has 0 atom stereocenters. The lowest BCUT2D eigenvalue weighted by atomic mass is 10.2. The quantitative estimate of drug-likeness (QED) is 0.0493.